The van der Waals surface area contributed by atoms with E-state index in [4.69, 9.17) is 0 Å². The molecule has 0 aromatic heterocycles. The fourth-order valence-corrected chi connectivity index (χ4v) is 4.02. The summed E-state index contributed by atoms with van der Waals surface area (Å²) in [6.07, 6.45) is 0.735. The predicted molar refractivity (Wildman–Crippen MR) is 108 cm³/mol. The zero-order valence-corrected chi connectivity index (χ0v) is 16.2. The largest absolute Gasteiger partial charge is 0.393 e. The lowest BCUT2D eigenvalue weighted by Gasteiger charge is -2.33. The summed E-state index contributed by atoms with van der Waals surface area (Å²) in [5.74, 6) is -0.600. The molecule has 0 spiro atoms. The summed E-state index contributed by atoms with van der Waals surface area (Å²) in [6, 6.07) is 16.4. The fraction of sp³-hybridized carbons (Fsp3) is 0.348. The number of ketones is 1. The van der Waals surface area contributed by atoms with Gasteiger partial charge in [-0.25, -0.2) is 0 Å². The Bertz CT molecular complexity index is 902. The lowest BCUT2D eigenvalue weighted by molar-refractivity contribution is -0.137. The monoisotopic (exact) mass is 392 g/mol. The first-order valence-electron chi connectivity index (χ1n) is 9.98. The SMILES string of the molecule is O=C1CC(C(=O)N2CCC(O)CC2)N(C(=O)c2ccc(-c3ccccc3)cc2)C1. The Morgan fingerprint density at radius 2 is 1.52 bits per heavy atom. The predicted octanol–water partition coefficient (Wildman–Crippen LogP) is 2.12. The lowest BCUT2D eigenvalue weighted by Crippen LogP contribution is -2.50. The van der Waals surface area contributed by atoms with Crippen LogP contribution in [0.4, 0.5) is 0 Å². The molecule has 2 amide bonds. The van der Waals surface area contributed by atoms with E-state index in [0.717, 1.165) is 11.1 Å². The molecule has 1 unspecified atom stereocenters. The number of likely N-dealkylation sites (tertiary alicyclic amines) is 2. The summed E-state index contributed by atoms with van der Waals surface area (Å²) in [5, 5.41) is 9.65. The summed E-state index contributed by atoms with van der Waals surface area (Å²) in [7, 11) is 0. The van der Waals surface area contributed by atoms with E-state index in [2.05, 4.69) is 0 Å². The third kappa shape index (κ3) is 4.07. The zero-order valence-electron chi connectivity index (χ0n) is 16.2. The number of benzene rings is 2. The van der Waals surface area contributed by atoms with E-state index in [1.165, 1.54) is 4.90 Å². The molecule has 2 aliphatic heterocycles. The van der Waals surface area contributed by atoms with Crippen LogP contribution >= 0.6 is 0 Å². The molecule has 150 valence electrons. The second kappa shape index (κ2) is 8.17. The molecule has 0 radical (unpaired) electrons. The molecule has 6 heteroatoms. The summed E-state index contributed by atoms with van der Waals surface area (Å²) < 4.78 is 0. The highest BCUT2D eigenvalue weighted by Crippen LogP contribution is 2.24. The van der Waals surface area contributed by atoms with Crippen molar-refractivity contribution in [2.45, 2.75) is 31.4 Å². The maximum Gasteiger partial charge on any atom is 0.254 e. The Labute approximate surface area is 169 Å². The smallest absolute Gasteiger partial charge is 0.254 e. The van der Waals surface area contributed by atoms with Crippen LogP contribution in [0.5, 0.6) is 0 Å². The van der Waals surface area contributed by atoms with Crippen LogP contribution < -0.4 is 0 Å². The van der Waals surface area contributed by atoms with Gasteiger partial charge in [-0.15, -0.1) is 0 Å². The number of aliphatic hydroxyl groups is 1. The Hall–Kier alpha value is -2.99. The number of piperidine rings is 1. The molecule has 2 aromatic rings. The van der Waals surface area contributed by atoms with Gasteiger partial charge in [0.15, 0.2) is 5.78 Å². The minimum Gasteiger partial charge on any atom is -0.393 e. The van der Waals surface area contributed by atoms with Crippen LogP contribution in [0.3, 0.4) is 0 Å². The van der Waals surface area contributed by atoms with Gasteiger partial charge in [-0.1, -0.05) is 42.5 Å². The zero-order chi connectivity index (χ0) is 20.4. The van der Waals surface area contributed by atoms with Gasteiger partial charge in [-0.3, -0.25) is 14.4 Å². The van der Waals surface area contributed by atoms with E-state index in [9.17, 15) is 19.5 Å². The second-order valence-electron chi connectivity index (χ2n) is 7.69. The summed E-state index contributed by atoms with van der Waals surface area (Å²) in [4.78, 5) is 41.1. The number of hydrogen-bond acceptors (Lipinski definition) is 4. The molecule has 2 heterocycles. The number of carbonyl (C=O) groups excluding carboxylic acids is 3. The normalized spacial score (nSPS) is 20.2. The van der Waals surface area contributed by atoms with Crippen LogP contribution in [0.2, 0.25) is 0 Å². The van der Waals surface area contributed by atoms with Crippen molar-refractivity contribution in [3.63, 3.8) is 0 Å². The van der Waals surface area contributed by atoms with E-state index in [1.54, 1.807) is 17.0 Å². The molecule has 1 N–H and O–H groups in total. The molecule has 2 saturated heterocycles. The van der Waals surface area contributed by atoms with Gasteiger partial charge in [0.25, 0.3) is 5.91 Å². The first-order valence-corrected chi connectivity index (χ1v) is 9.98. The van der Waals surface area contributed by atoms with Crippen molar-refractivity contribution in [2.24, 2.45) is 0 Å². The third-order valence-corrected chi connectivity index (χ3v) is 5.70. The molecule has 2 fully saturated rings. The fourth-order valence-electron chi connectivity index (χ4n) is 4.02. The van der Waals surface area contributed by atoms with Crippen molar-refractivity contribution in [3.8, 4) is 11.1 Å². The highest BCUT2D eigenvalue weighted by atomic mass is 16.3. The standard InChI is InChI=1S/C23H24N2O4/c26-19-10-12-24(13-11-19)23(29)21-14-20(27)15-25(21)22(28)18-8-6-17(7-9-18)16-4-2-1-3-5-16/h1-9,19,21,26H,10-15H2. The highest BCUT2D eigenvalue weighted by molar-refractivity contribution is 6.04. The quantitative estimate of drug-likeness (QED) is 0.868. The summed E-state index contributed by atoms with van der Waals surface area (Å²) in [5.41, 5.74) is 2.52. The van der Waals surface area contributed by atoms with E-state index in [0.29, 0.717) is 31.5 Å². The molecule has 2 aromatic carbocycles. The molecular formula is C23H24N2O4. The molecule has 0 saturated carbocycles. The maximum atomic E-state index is 13.1. The van der Waals surface area contributed by atoms with Crippen molar-refractivity contribution in [1.82, 2.24) is 9.80 Å². The third-order valence-electron chi connectivity index (χ3n) is 5.70. The van der Waals surface area contributed by atoms with Gasteiger partial charge in [0, 0.05) is 25.1 Å². The van der Waals surface area contributed by atoms with Crippen molar-refractivity contribution in [1.29, 1.82) is 0 Å². The van der Waals surface area contributed by atoms with Gasteiger partial charge in [0.05, 0.1) is 12.6 Å². The number of Topliss-reactive ketones (excluding diaryl/α,β-unsaturated/α-hetero) is 1. The Morgan fingerprint density at radius 1 is 0.897 bits per heavy atom. The molecule has 0 aliphatic carbocycles. The molecule has 0 bridgehead atoms. The molecule has 1 atom stereocenters. The van der Waals surface area contributed by atoms with Crippen LogP contribution in [0, 0.1) is 0 Å². The Morgan fingerprint density at radius 3 is 2.17 bits per heavy atom. The maximum absolute atomic E-state index is 13.1. The number of rotatable bonds is 3. The van der Waals surface area contributed by atoms with Gasteiger partial charge in [-0.05, 0) is 36.1 Å². The number of aliphatic hydroxyl groups excluding tert-OH is 1. The van der Waals surface area contributed by atoms with Crippen molar-refractivity contribution in [2.75, 3.05) is 19.6 Å². The van der Waals surface area contributed by atoms with Gasteiger partial charge >= 0.3 is 0 Å². The van der Waals surface area contributed by atoms with E-state index in [-0.39, 0.29) is 36.7 Å². The first-order chi connectivity index (χ1) is 14.0. The first kappa shape index (κ1) is 19.3. The van der Waals surface area contributed by atoms with Gasteiger partial charge < -0.3 is 14.9 Å². The van der Waals surface area contributed by atoms with Crippen molar-refractivity contribution < 1.29 is 19.5 Å². The Balaban J connectivity index is 1.50. The lowest BCUT2D eigenvalue weighted by atomic mass is 10.0. The molecule has 6 nitrogen and oxygen atoms in total. The average molecular weight is 392 g/mol. The van der Waals surface area contributed by atoms with Crippen LogP contribution in [0.15, 0.2) is 54.6 Å². The minimum absolute atomic E-state index is 0.0356. The van der Waals surface area contributed by atoms with Crippen LogP contribution in [0.1, 0.15) is 29.6 Å². The molecule has 4 rings (SSSR count). The summed E-state index contributed by atoms with van der Waals surface area (Å²) >= 11 is 0. The molecular weight excluding hydrogens is 368 g/mol. The van der Waals surface area contributed by atoms with Gasteiger partial charge in [-0.2, -0.15) is 0 Å². The number of hydrogen-bond donors (Lipinski definition) is 1. The second-order valence-corrected chi connectivity index (χ2v) is 7.69. The van der Waals surface area contributed by atoms with Gasteiger partial charge in [0.2, 0.25) is 5.91 Å². The van der Waals surface area contributed by atoms with Crippen LogP contribution in [-0.2, 0) is 9.59 Å². The van der Waals surface area contributed by atoms with Crippen LogP contribution in [0.25, 0.3) is 11.1 Å². The van der Waals surface area contributed by atoms with Crippen molar-refractivity contribution in [3.05, 3.63) is 60.2 Å². The van der Waals surface area contributed by atoms with E-state index >= 15 is 0 Å². The van der Waals surface area contributed by atoms with Crippen LogP contribution in [-0.4, -0.2) is 64.3 Å². The molecule has 29 heavy (non-hydrogen) atoms. The minimum atomic E-state index is -0.751. The number of nitrogens with zero attached hydrogens (tertiary/aromatic N) is 2. The Kier molecular flexibility index (Phi) is 5.45. The van der Waals surface area contributed by atoms with E-state index in [1.807, 2.05) is 42.5 Å². The van der Waals surface area contributed by atoms with E-state index < -0.39 is 6.04 Å². The van der Waals surface area contributed by atoms with Gasteiger partial charge in [0.1, 0.15) is 6.04 Å². The highest BCUT2D eigenvalue weighted by Gasteiger charge is 2.41. The van der Waals surface area contributed by atoms with Crippen molar-refractivity contribution >= 4 is 17.6 Å². The topological polar surface area (TPSA) is 77.9 Å². The number of carbonyl (C=O) groups is 3. The number of amides is 2. The molecule has 2 aliphatic rings. The average Bonchev–Trinajstić information content (AvgIpc) is 3.15. The summed E-state index contributed by atoms with van der Waals surface area (Å²) in [6.45, 7) is 0.878.